The number of rotatable bonds is 4. The van der Waals surface area contributed by atoms with Crippen LogP contribution in [0.2, 0.25) is 0 Å². The van der Waals surface area contributed by atoms with Crippen molar-refractivity contribution in [1.82, 2.24) is 13.8 Å². The van der Waals surface area contributed by atoms with Crippen molar-refractivity contribution in [2.75, 3.05) is 31.5 Å². The van der Waals surface area contributed by atoms with Crippen LogP contribution in [-0.4, -0.2) is 60.2 Å². The average molecular weight is 475 g/mol. The fraction of sp³-hybridized carbons (Fsp3) is 0.286. The molecule has 0 atom stereocenters. The van der Waals surface area contributed by atoms with E-state index in [1.54, 1.807) is 42.3 Å². The largest absolute Gasteiger partial charge is 0.336 e. The van der Waals surface area contributed by atoms with Crippen molar-refractivity contribution in [2.24, 2.45) is 7.05 Å². The summed E-state index contributed by atoms with van der Waals surface area (Å²) in [5, 5.41) is 2.65. The maximum Gasteiger partial charge on any atom is 0.307 e. The van der Waals surface area contributed by atoms with Crippen molar-refractivity contribution in [3.63, 3.8) is 0 Å². The molecule has 1 N–H and O–H groups in total. The molecule has 1 aromatic heterocycles. The van der Waals surface area contributed by atoms with Gasteiger partial charge in [-0.25, -0.2) is 8.42 Å². The van der Waals surface area contributed by atoms with Crippen molar-refractivity contribution >= 4 is 49.1 Å². The van der Waals surface area contributed by atoms with E-state index < -0.39 is 10.0 Å². The van der Waals surface area contributed by atoms with E-state index in [0.29, 0.717) is 21.5 Å². The highest BCUT2D eigenvalue weighted by atomic mass is 32.2. The monoisotopic (exact) mass is 474 g/mol. The topological polar surface area (TPSA) is 109 Å². The maximum absolute atomic E-state index is 13.1. The average Bonchev–Trinajstić information content (AvgIpc) is 3.06. The number of carbonyl (C=O) groups excluding carboxylic acids is 2. The van der Waals surface area contributed by atoms with Crippen LogP contribution in [-0.2, 0) is 21.9 Å². The van der Waals surface area contributed by atoms with E-state index in [1.165, 1.54) is 27.9 Å². The predicted molar refractivity (Wildman–Crippen MR) is 122 cm³/mol. The van der Waals surface area contributed by atoms with Gasteiger partial charge < -0.3 is 14.8 Å². The zero-order valence-electron chi connectivity index (χ0n) is 17.6. The van der Waals surface area contributed by atoms with Crippen molar-refractivity contribution < 1.29 is 18.0 Å². The van der Waals surface area contributed by atoms with Crippen molar-refractivity contribution in [3.8, 4) is 0 Å². The first-order valence-corrected chi connectivity index (χ1v) is 12.2. The standard InChI is InChI=1S/C21H22N4O5S2/c1-14(26)22-16-5-3-4-15(12-16)20(27)24-8-10-25(11-9-24)32(29,30)17-6-7-18-19(13-17)31-21(28)23(18)2/h3-7,12-13H,8-11H2,1-2H3,(H,22,26). The van der Waals surface area contributed by atoms with Crippen LogP contribution >= 0.6 is 11.3 Å². The number of piperazine rings is 1. The molecule has 1 saturated heterocycles. The Morgan fingerprint density at radius 2 is 1.75 bits per heavy atom. The second-order valence-electron chi connectivity index (χ2n) is 7.51. The predicted octanol–water partition coefficient (Wildman–Crippen LogP) is 1.71. The molecule has 0 radical (unpaired) electrons. The van der Waals surface area contributed by atoms with Gasteiger partial charge in [-0.2, -0.15) is 4.31 Å². The van der Waals surface area contributed by atoms with Gasteiger partial charge in [0.1, 0.15) is 0 Å². The SMILES string of the molecule is CC(=O)Nc1cccc(C(=O)N2CCN(S(=O)(=O)c3ccc4c(c3)sc(=O)n4C)CC2)c1. The van der Waals surface area contributed by atoms with Crippen LogP contribution in [0.4, 0.5) is 5.69 Å². The minimum absolute atomic E-state index is 0.134. The van der Waals surface area contributed by atoms with E-state index in [9.17, 15) is 22.8 Å². The van der Waals surface area contributed by atoms with E-state index in [1.807, 2.05) is 0 Å². The van der Waals surface area contributed by atoms with Gasteiger partial charge >= 0.3 is 4.87 Å². The molecule has 2 heterocycles. The number of aromatic nitrogens is 1. The number of hydrogen-bond donors (Lipinski definition) is 1. The van der Waals surface area contributed by atoms with Crippen LogP contribution < -0.4 is 10.2 Å². The zero-order valence-corrected chi connectivity index (χ0v) is 19.2. The van der Waals surface area contributed by atoms with Gasteiger partial charge in [-0.05, 0) is 36.4 Å². The first kappa shape index (κ1) is 22.2. The highest BCUT2D eigenvalue weighted by Crippen LogP contribution is 2.24. The smallest absolute Gasteiger partial charge is 0.307 e. The second kappa shape index (κ2) is 8.49. The third-order valence-corrected chi connectivity index (χ3v) is 8.25. The molecule has 2 aromatic carbocycles. The molecule has 0 spiro atoms. The number of fused-ring (bicyclic) bond motifs is 1. The first-order chi connectivity index (χ1) is 15.2. The Bertz CT molecular complexity index is 1370. The van der Waals surface area contributed by atoms with Gasteiger partial charge in [-0.15, -0.1) is 0 Å². The number of sulfonamides is 1. The molecule has 9 nitrogen and oxygen atoms in total. The molecule has 1 aliphatic heterocycles. The summed E-state index contributed by atoms with van der Waals surface area (Å²) in [5.74, 6) is -0.445. The number of aryl methyl sites for hydroxylation is 1. The lowest BCUT2D eigenvalue weighted by atomic mass is 10.1. The molecule has 32 heavy (non-hydrogen) atoms. The van der Waals surface area contributed by atoms with E-state index >= 15 is 0 Å². The third-order valence-electron chi connectivity index (χ3n) is 5.36. The Morgan fingerprint density at radius 3 is 2.44 bits per heavy atom. The molecule has 3 aromatic rings. The molecule has 11 heteroatoms. The fourth-order valence-electron chi connectivity index (χ4n) is 3.67. The van der Waals surface area contributed by atoms with E-state index in [-0.39, 0.29) is 47.8 Å². The first-order valence-electron chi connectivity index (χ1n) is 9.93. The van der Waals surface area contributed by atoms with Crippen molar-refractivity contribution in [3.05, 3.63) is 57.7 Å². The molecule has 4 rings (SSSR count). The highest BCUT2D eigenvalue weighted by molar-refractivity contribution is 7.89. The van der Waals surface area contributed by atoms with Gasteiger partial charge in [0.15, 0.2) is 0 Å². The summed E-state index contributed by atoms with van der Waals surface area (Å²) in [6.07, 6.45) is 0. The van der Waals surface area contributed by atoms with E-state index in [2.05, 4.69) is 5.32 Å². The fourth-order valence-corrected chi connectivity index (χ4v) is 6.11. The Morgan fingerprint density at radius 1 is 1.03 bits per heavy atom. The summed E-state index contributed by atoms with van der Waals surface area (Å²) in [7, 11) is -2.10. The van der Waals surface area contributed by atoms with Gasteiger partial charge in [-0.3, -0.25) is 14.4 Å². The number of benzene rings is 2. The van der Waals surface area contributed by atoms with Crippen LogP contribution in [0.15, 0.2) is 52.2 Å². The summed E-state index contributed by atoms with van der Waals surface area (Å²) < 4.78 is 29.7. The van der Waals surface area contributed by atoms with E-state index in [0.717, 1.165) is 11.3 Å². The molecule has 2 amide bonds. The molecule has 0 bridgehead atoms. The Hall–Kier alpha value is -3.02. The van der Waals surface area contributed by atoms with Gasteiger partial charge in [0.2, 0.25) is 15.9 Å². The highest BCUT2D eigenvalue weighted by Gasteiger charge is 2.31. The number of thiazole rings is 1. The quantitative estimate of drug-likeness (QED) is 0.619. The normalized spacial score (nSPS) is 15.1. The van der Waals surface area contributed by atoms with Gasteiger partial charge in [-0.1, -0.05) is 17.4 Å². The van der Waals surface area contributed by atoms with Gasteiger partial charge in [0, 0.05) is 51.4 Å². The number of hydrogen-bond acceptors (Lipinski definition) is 6. The molecular weight excluding hydrogens is 452 g/mol. The Kier molecular flexibility index (Phi) is 5.89. The summed E-state index contributed by atoms with van der Waals surface area (Å²) in [4.78, 5) is 37.6. The number of amides is 2. The number of nitrogens with one attached hydrogen (secondary N) is 1. The summed E-state index contributed by atoms with van der Waals surface area (Å²) in [6.45, 7) is 2.24. The molecule has 0 unspecified atom stereocenters. The number of nitrogens with zero attached hydrogens (tertiary/aromatic N) is 3. The van der Waals surface area contributed by atoms with Crippen LogP contribution in [0.3, 0.4) is 0 Å². The Labute approximate surface area is 188 Å². The molecule has 0 saturated carbocycles. The van der Waals surface area contributed by atoms with Crippen molar-refractivity contribution in [1.29, 1.82) is 0 Å². The molecule has 1 fully saturated rings. The van der Waals surface area contributed by atoms with Crippen molar-refractivity contribution in [2.45, 2.75) is 11.8 Å². The Balaban J connectivity index is 1.48. The van der Waals surface area contributed by atoms with Crippen LogP contribution in [0.5, 0.6) is 0 Å². The van der Waals surface area contributed by atoms with Crippen LogP contribution in [0.25, 0.3) is 10.2 Å². The molecular formula is C21H22N4O5S2. The summed E-state index contributed by atoms with van der Waals surface area (Å²) >= 11 is 1.01. The lowest BCUT2D eigenvalue weighted by Gasteiger charge is -2.34. The molecule has 0 aliphatic carbocycles. The van der Waals surface area contributed by atoms with Gasteiger partial charge in [0.05, 0.1) is 15.1 Å². The number of anilines is 1. The lowest BCUT2D eigenvalue weighted by Crippen LogP contribution is -2.50. The summed E-state index contributed by atoms with van der Waals surface area (Å²) in [6, 6.07) is 11.3. The maximum atomic E-state index is 13.1. The third kappa shape index (κ3) is 4.18. The van der Waals surface area contributed by atoms with Gasteiger partial charge in [0.25, 0.3) is 5.91 Å². The lowest BCUT2D eigenvalue weighted by molar-refractivity contribution is -0.114. The van der Waals surface area contributed by atoms with E-state index in [4.69, 9.17) is 0 Å². The zero-order chi connectivity index (χ0) is 23.0. The molecule has 168 valence electrons. The minimum atomic E-state index is -3.75. The van der Waals surface area contributed by atoms with Crippen LogP contribution in [0, 0.1) is 0 Å². The summed E-state index contributed by atoms with van der Waals surface area (Å²) in [5.41, 5.74) is 1.65. The number of carbonyl (C=O) groups is 2. The minimum Gasteiger partial charge on any atom is -0.336 e. The van der Waals surface area contributed by atoms with Crippen LogP contribution in [0.1, 0.15) is 17.3 Å². The second-order valence-corrected chi connectivity index (χ2v) is 10.4. The molecule has 1 aliphatic rings.